The number of hydrogen-bond acceptors (Lipinski definition) is 4. The average Bonchev–Trinajstić information content (AvgIpc) is 2.92. The molecule has 0 aliphatic heterocycles. The Morgan fingerprint density at radius 3 is 2.47 bits per heavy atom. The van der Waals surface area contributed by atoms with Gasteiger partial charge in [0.05, 0.1) is 0 Å². The van der Waals surface area contributed by atoms with Gasteiger partial charge in [0, 0.05) is 18.9 Å². The van der Waals surface area contributed by atoms with Crippen molar-refractivity contribution in [2.75, 3.05) is 6.54 Å². The maximum Gasteiger partial charge on any atom is 0.216 e. The molecule has 0 aromatic carbocycles. The second-order valence-corrected chi connectivity index (χ2v) is 6.11. The van der Waals surface area contributed by atoms with Crippen molar-refractivity contribution in [3.63, 3.8) is 0 Å². The third kappa shape index (κ3) is 4.30. The van der Waals surface area contributed by atoms with Crippen LogP contribution >= 0.6 is 0 Å². The van der Waals surface area contributed by atoms with Gasteiger partial charge in [-0.2, -0.15) is 0 Å². The number of nitrogens with zero attached hydrogens (tertiary/aromatic N) is 2. The van der Waals surface area contributed by atoms with E-state index in [0.717, 1.165) is 49.5 Å². The Labute approximate surface area is 115 Å². The normalized spacial score (nSPS) is 20.2. The van der Waals surface area contributed by atoms with Crippen molar-refractivity contribution in [1.29, 1.82) is 0 Å². The minimum absolute atomic E-state index is 0.796. The molecule has 2 fully saturated rings. The van der Waals surface area contributed by atoms with Crippen LogP contribution in [0.4, 0.5) is 0 Å². The van der Waals surface area contributed by atoms with Crippen LogP contribution in [-0.4, -0.2) is 22.8 Å². The van der Waals surface area contributed by atoms with Crippen LogP contribution in [0.15, 0.2) is 4.42 Å². The summed E-state index contributed by atoms with van der Waals surface area (Å²) in [5.74, 6) is 2.56. The lowest BCUT2D eigenvalue weighted by Gasteiger charge is -2.05. The fraction of sp³-hybridized carbons (Fsp3) is 0.867. The number of aryl methyl sites for hydroxylation is 2. The highest BCUT2D eigenvalue weighted by Crippen LogP contribution is 2.28. The van der Waals surface area contributed by atoms with Crippen LogP contribution in [0.3, 0.4) is 0 Å². The summed E-state index contributed by atoms with van der Waals surface area (Å²) >= 11 is 0. The molecule has 0 saturated heterocycles. The highest BCUT2D eigenvalue weighted by Gasteiger charge is 2.19. The van der Waals surface area contributed by atoms with E-state index in [0.29, 0.717) is 0 Å². The number of aromatic nitrogens is 2. The predicted molar refractivity (Wildman–Crippen MR) is 73.9 cm³/mol. The molecule has 1 heterocycles. The van der Waals surface area contributed by atoms with Crippen LogP contribution in [0.1, 0.15) is 63.1 Å². The molecule has 106 valence electrons. The standard InChI is InChI=1S/C15H25N3O/c1-2-5-12(4-1)7-10-15-18-17-14(19-15)6-3-11-16-13-8-9-13/h12-13,16H,1-11H2. The predicted octanol–water partition coefficient (Wildman–Crippen LogP) is 2.88. The Kier molecular flexibility index (Phi) is 4.49. The molecule has 0 bridgehead atoms. The molecule has 19 heavy (non-hydrogen) atoms. The van der Waals surface area contributed by atoms with E-state index in [1.807, 2.05) is 0 Å². The fourth-order valence-electron chi connectivity index (χ4n) is 2.95. The van der Waals surface area contributed by atoms with Gasteiger partial charge in [0.2, 0.25) is 11.8 Å². The summed E-state index contributed by atoms with van der Waals surface area (Å²) in [6.45, 7) is 1.07. The molecule has 2 aliphatic carbocycles. The van der Waals surface area contributed by atoms with Crippen molar-refractivity contribution in [2.24, 2.45) is 5.92 Å². The number of nitrogens with one attached hydrogen (secondary N) is 1. The quantitative estimate of drug-likeness (QED) is 0.733. The van der Waals surface area contributed by atoms with E-state index >= 15 is 0 Å². The summed E-state index contributed by atoms with van der Waals surface area (Å²) in [6, 6.07) is 0.796. The monoisotopic (exact) mass is 263 g/mol. The second kappa shape index (κ2) is 6.51. The first-order chi connectivity index (χ1) is 9.40. The lowest BCUT2D eigenvalue weighted by atomic mass is 10.0. The molecule has 0 spiro atoms. The van der Waals surface area contributed by atoms with Gasteiger partial charge < -0.3 is 9.73 Å². The van der Waals surface area contributed by atoms with Crippen molar-refractivity contribution in [3.05, 3.63) is 11.8 Å². The van der Waals surface area contributed by atoms with Crippen LogP contribution in [-0.2, 0) is 12.8 Å². The van der Waals surface area contributed by atoms with Gasteiger partial charge >= 0.3 is 0 Å². The largest absolute Gasteiger partial charge is 0.425 e. The van der Waals surface area contributed by atoms with Crippen molar-refractivity contribution in [2.45, 2.75) is 70.3 Å². The maximum absolute atomic E-state index is 5.72. The zero-order chi connectivity index (χ0) is 12.9. The molecular formula is C15H25N3O. The topological polar surface area (TPSA) is 51.0 Å². The Morgan fingerprint density at radius 2 is 1.74 bits per heavy atom. The van der Waals surface area contributed by atoms with E-state index in [1.165, 1.54) is 44.9 Å². The minimum Gasteiger partial charge on any atom is -0.425 e. The van der Waals surface area contributed by atoms with Crippen LogP contribution in [0.2, 0.25) is 0 Å². The molecule has 2 saturated carbocycles. The lowest BCUT2D eigenvalue weighted by molar-refractivity contribution is 0.412. The first-order valence-corrected chi connectivity index (χ1v) is 7.95. The summed E-state index contributed by atoms with van der Waals surface area (Å²) in [4.78, 5) is 0. The van der Waals surface area contributed by atoms with Crippen LogP contribution in [0.5, 0.6) is 0 Å². The first-order valence-electron chi connectivity index (χ1n) is 7.95. The van der Waals surface area contributed by atoms with Crippen LogP contribution in [0.25, 0.3) is 0 Å². The molecule has 0 amide bonds. The minimum atomic E-state index is 0.796. The van der Waals surface area contributed by atoms with Crippen LogP contribution in [0, 0.1) is 5.92 Å². The summed E-state index contributed by atoms with van der Waals surface area (Å²) in [5, 5.41) is 11.8. The van der Waals surface area contributed by atoms with Gasteiger partial charge in [-0.25, -0.2) is 0 Å². The number of rotatable bonds is 8. The molecule has 0 unspecified atom stereocenters. The highest BCUT2D eigenvalue weighted by atomic mass is 16.4. The molecule has 0 radical (unpaired) electrons. The van der Waals surface area contributed by atoms with E-state index in [2.05, 4.69) is 15.5 Å². The van der Waals surface area contributed by atoms with Gasteiger partial charge in [-0.3, -0.25) is 0 Å². The Morgan fingerprint density at radius 1 is 1.00 bits per heavy atom. The van der Waals surface area contributed by atoms with Crippen molar-refractivity contribution in [3.8, 4) is 0 Å². The number of hydrogen-bond donors (Lipinski definition) is 1. The van der Waals surface area contributed by atoms with Crippen molar-refractivity contribution < 1.29 is 4.42 Å². The highest BCUT2D eigenvalue weighted by molar-refractivity contribution is 4.85. The maximum atomic E-state index is 5.72. The van der Waals surface area contributed by atoms with E-state index < -0.39 is 0 Å². The molecule has 3 rings (SSSR count). The second-order valence-electron chi connectivity index (χ2n) is 6.11. The molecule has 4 heteroatoms. The van der Waals surface area contributed by atoms with E-state index in [-0.39, 0.29) is 0 Å². The molecule has 1 aromatic rings. The molecule has 0 atom stereocenters. The SMILES string of the molecule is C(CNC1CC1)Cc1nnc(CCC2CCCC2)o1. The third-order valence-electron chi connectivity index (χ3n) is 4.33. The van der Waals surface area contributed by atoms with E-state index in [1.54, 1.807) is 0 Å². The van der Waals surface area contributed by atoms with E-state index in [9.17, 15) is 0 Å². The molecule has 2 aliphatic rings. The first kappa shape index (κ1) is 13.1. The van der Waals surface area contributed by atoms with Gasteiger partial charge in [-0.15, -0.1) is 10.2 Å². The molecule has 1 N–H and O–H groups in total. The fourth-order valence-corrected chi connectivity index (χ4v) is 2.95. The third-order valence-corrected chi connectivity index (χ3v) is 4.33. The zero-order valence-corrected chi connectivity index (χ0v) is 11.7. The summed E-state index contributed by atoms with van der Waals surface area (Å²) in [6.07, 6.45) is 12.5. The van der Waals surface area contributed by atoms with Crippen molar-refractivity contribution in [1.82, 2.24) is 15.5 Å². The van der Waals surface area contributed by atoms with Crippen LogP contribution < -0.4 is 5.32 Å². The Bertz CT molecular complexity index is 380. The van der Waals surface area contributed by atoms with Gasteiger partial charge in [0.15, 0.2) is 0 Å². The van der Waals surface area contributed by atoms with Gasteiger partial charge in [-0.05, 0) is 38.1 Å². The summed E-state index contributed by atoms with van der Waals surface area (Å²) in [5.41, 5.74) is 0. The molecular weight excluding hydrogens is 238 g/mol. The lowest BCUT2D eigenvalue weighted by Crippen LogP contribution is -2.17. The van der Waals surface area contributed by atoms with Gasteiger partial charge in [0.1, 0.15) is 0 Å². The Hall–Kier alpha value is -0.900. The van der Waals surface area contributed by atoms with Crippen molar-refractivity contribution >= 4 is 0 Å². The Balaban J connectivity index is 1.33. The average molecular weight is 263 g/mol. The van der Waals surface area contributed by atoms with E-state index in [4.69, 9.17) is 4.42 Å². The smallest absolute Gasteiger partial charge is 0.216 e. The zero-order valence-electron chi connectivity index (χ0n) is 11.7. The molecule has 1 aromatic heterocycles. The molecule has 4 nitrogen and oxygen atoms in total. The van der Waals surface area contributed by atoms with Gasteiger partial charge in [-0.1, -0.05) is 25.7 Å². The van der Waals surface area contributed by atoms with Gasteiger partial charge in [0.25, 0.3) is 0 Å². The summed E-state index contributed by atoms with van der Waals surface area (Å²) < 4.78 is 5.72. The summed E-state index contributed by atoms with van der Waals surface area (Å²) in [7, 11) is 0.